The van der Waals surface area contributed by atoms with Crippen molar-refractivity contribution in [3.8, 4) is 0 Å². The molecule has 0 spiro atoms. The predicted molar refractivity (Wildman–Crippen MR) is 115 cm³/mol. The van der Waals surface area contributed by atoms with E-state index in [4.69, 9.17) is 16.7 Å². The first kappa shape index (κ1) is 21.2. The number of halogens is 3. The molecule has 7 nitrogen and oxygen atoms in total. The average Bonchev–Trinajstić information content (AvgIpc) is 3.08. The van der Waals surface area contributed by atoms with Gasteiger partial charge in [0.25, 0.3) is 11.5 Å². The summed E-state index contributed by atoms with van der Waals surface area (Å²) in [6, 6.07) is 4.82. The first-order valence-electron chi connectivity index (χ1n) is 9.55. The second kappa shape index (κ2) is 7.90. The van der Waals surface area contributed by atoms with Crippen LogP contribution < -0.4 is 10.9 Å². The Kier molecular flexibility index (Phi) is 5.40. The van der Waals surface area contributed by atoms with E-state index in [9.17, 15) is 13.6 Å². The maximum absolute atomic E-state index is 13.5. The van der Waals surface area contributed by atoms with Gasteiger partial charge < -0.3 is 19.8 Å². The zero-order valence-corrected chi connectivity index (χ0v) is 17.6. The Morgan fingerprint density at radius 3 is 2.71 bits per heavy atom. The number of rotatable bonds is 6. The molecule has 3 heterocycles. The summed E-state index contributed by atoms with van der Waals surface area (Å²) in [5.74, 6) is -2.99. The first-order chi connectivity index (χ1) is 14.6. The molecule has 0 atom stereocenters. The standard InChI is InChI=1S/C21H20ClF2N5O2/c1-11-3-18-26-14(8-29(18)7-12(11)2)6-17-27-19-15(20(31)28-17)4-13(22)5-16(19)25-9-21(23,24)10-30/h3-5,7-8,25,30H,6,9-10H2,1-2H3,(H,27,28,31). The van der Waals surface area contributed by atoms with Crippen molar-refractivity contribution in [2.75, 3.05) is 18.5 Å². The van der Waals surface area contributed by atoms with Gasteiger partial charge in [0, 0.05) is 23.8 Å². The molecule has 3 N–H and O–H groups in total. The summed E-state index contributed by atoms with van der Waals surface area (Å²) in [6.07, 6.45) is 4.08. The molecule has 0 amide bonds. The summed E-state index contributed by atoms with van der Waals surface area (Å²) >= 11 is 6.05. The highest BCUT2D eigenvalue weighted by molar-refractivity contribution is 6.31. The van der Waals surface area contributed by atoms with Gasteiger partial charge in [-0.25, -0.2) is 18.7 Å². The second-order valence-electron chi connectivity index (χ2n) is 7.54. The second-order valence-corrected chi connectivity index (χ2v) is 7.98. The highest BCUT2D eigenvalue weighted by Gasteiger charge is 2.27. The van der Waals surface area contributed by atoms with Gasteiger partial charge in [-0.3, -0.25) is 4.79 Å². The minimum atomic E-state index is -3.33. The van der Waals surface area contributed by atoms with Gasteiger partial charge in [-0.15, -0.1) is 0 Å². The Hall–Kier alpha value is -3.04. The van der Waals surface area contributed by atoms with Gasteiger partial charge in [-0.05, 0) is 43.2 Å². The van der Waals surface area contributed by atoms with E-state index < -0.39 is 24.6 Å². The molecule has 4 rings (SSSR count). The molecule has 1 aromatic carbocycles. The van der Waals surface area contributed by atoms with E-state index in [-0.39, 0.29) is 28.0 Å². The van der Waals surface area contributed by atoms with Crippen molar-refractivity contribution >= 4 is 33.8 Å². The van der Waals surface area contributed by atoms with Gasteiger partial charge >= 0.3 is 0 Å². The monoisotopic (exact) mass is 447 g/mol. The van der Waals surface area contributed by atoms with Gasteiger partial charge in [0.15, 0.2) is 0 Å². The number of hydrogen-bond donors (Lipinski definition) is 3. The van der Waals surface area contributed by atoms with Crippen molar-refractivity contribution in [3.63, 3.8) is 0 Å². The van der Waals surface area contributed by atoms with Crippen LogP contribution in [0.25, 0.3) is 16.6 Å². The summed E-state index contributed by atoms with van der Waals surface area (Å²) in [5.41, 5.74) is 3.69. The minimum absolute atomic E-state index is 0.173. The van der Waals surface area contributed by atoms with Crippen LogP contribution >= 0.6 is 11.6 Å². The average molecular weight is 448 g/mol. The summed E-state index contributed by atoms with van der Waals surface area (Å²) in [4.78, 5) is 24.4. The van der Waals surface area contributed by atoms with Gasteiger partial charge in [-0.2, -0.15) is 0 Å². The number of aryl methyl sites for hydroxylation is 2. The summed E-state index contributed by atoms with van der Waals surface area (Å²) in [6.45, 7) is 1.89. The van der Waals surface area contributed by atoms with E-state index in [1.807, 2.05) is 36.7 Å². The Morgan fingerprint density at radius 1 is 1.19 bits per heavy atom. The van der Waals surface area contributed by atoms with Crippen LogP contribution in [0.4, 0.5) is 14.5 Å². The van der Waals surface area contributed by atoms with E-state index in [1.54, 1.807) is 0 Å². The lowest BCUT2D eigenvalue weighted by molar-refractivity contribution is -0.0372. The first-order valence-corrected chi connectivity index (χ1v) is 9.93. The number of aliphatic hydroxyl groups excluding tert-OH is 1. The maximum atomic E-state index is 13.5. The Morgan fingerprint density at radius 2 is 1.97 bits per heavy atom. The van der Waals surface area contributed by atoms with E-state index >= 15 is 0 Å². The number of imidazole rings is 1. The number of hydrogen-bond acceptors (Lipinski definition) is 5. The lowest BCUT2D eigenvalue weighted by atomic mass is 10.2. The van der Waals surface area contributed by atoms with Crippen molar-refractivity contribution in [1.82, 2.24) is 19.4 Å². The van der Waals surface area contributed by atoms with Gasteiger partial charge in [0.2, 0.25) is 0 Å². The Labute approximate surface area is 180 Å². The maximum Gasteiger partial charge on any atom is 0.287 e. The molecule has 0 saturated heterocycles. The molecule has 0 aliphatic heterocycles. The third-order valence-corrected chi connectivity index (χ3v) is 5.27. The molecule has 31 heavy (non-hydrogen) atoms. The normalized spacial score (nSPS) is 12.1. The predicted octanol–water partition coefficient (Wildman–Crippen LogP) is 3.47. The summed E-state index contributed by atoms with van der Waals surface area (Å²) in [7, 11) is 0. The number of benzene rings is 1. The molecule has 0 radical (unpaired) electrons. The van der Waals surface area contributed by atoms with Gasteiger partial charge in [0.1, 0.15) is 23.6 Å². The number of aliphatic hydroxyl groups is 1. The van der Waals surface area contributed by atoms with Crippen molar-refractivity contribution in [1.29, 1.82) is 0 Å². The van der Waals surface area contributed by atoms with Crippen molar-refractivity contribution in [2.24, 2.45) is 0 Å². The topological polar surface area (TPSA) is 95.3 Å². The fourth-order valence-electron chi connectivity index (χ4n) is 3.30. The fourth-order valence-corrected chi connectivity index (χ4v) is 3.52. The lowest BCUT2D eigenvalue weighted by Crippen LogP contribution is -2.31. The number of alkyl halides is 2. The Balaban J connectivity index is 1.73. The molecule has 3 aromatic heterocycles. The number of pyridine rings is 1. The van der Waals surface area contributed by atoms with Crippen LogP contribution in [0.15, 0.2) is 35.4 Å². The number of aromatic amines is 1. The van der Waals surface area contributed by atoms with Crippen molar-refractivity contribution in [2.45, 2.75) is 26.2 Å². The number of H-pyrrole nitrogens is 1. The molecule has 0 aliphatic rings. The molecule has 0 aliphatic carbocycles. The molecule has 0 unspecified atom stereocenters. The van der Waals surface area contributed by atoms with Crippen LogP contribution in [0.1, 0.15) is 22.6 Å². The number of nitrogens with zero attached hydrogens (tertiary/aromatic N) is 3. The molecule has 4 aromatic rings. The quantitative estimate of drug-likeness (QED) is 0.420. The van der Waals surface area contributed by atoms with Crippen molar-refractivity contribution in [3.05, 3.63) is 68.6 Å². The number of aromatic nitrogens is 4. The highest BCUT2D eigenvalue weighted by Crippen LogP contribution is 2.26. The van der Waals surface area contributed by atoms with Crippen LogP contribution in [0.2, 0.25) is 5.02 Å². The lowest BCUT2D eigenvalue weighted by Gasteiger charge is -2.16. The number of nitrogens with one attached hydrogen (secondary N) is 2. The summed E-state index contributed by atoms with van der Waals surface area (Å²) in [5, 5.41) is 11.7. The van der Waals surface area contributed by atoms with Gasteiger partial charge in [0.05, 0.1) is 23.3 Å². The van der Waals surface area contributed by atoms with E-state index in [0.717, 1.165) is 16.8 Å². The minimum Gasteiger partial charge on any atom is -0.390 e. The van der Waals surface area contributed by atoms with Crippen LogP contribution in [0.5, 0.6) is 0 Å². The molecular formula is C21H20ClF2N5O2. The zero-order valence-electron chi connectivity index (χ0n) is 16.8. The summed E-state index contributed by atoms with van der Waals surface area (Å²) < 4.78 is 28.9. The van der Waals surface area contributed by atoms with Crippen LogP contribution in [0, 0.1) is 13.8 Å². The SMILES string of the molecule is Cc1cc2nc(Cc3nc4c(NCC(F)(F)CO)cc(Cl)cc4c(=O)[nH]3)cn2cc1C. The molecule has 0 fully saturated rings. The van der Waals surface area contributed by atoms with Crippen LogP contribution in [0.3, 0.4) is 0 Å². The molecule has 0 bridgehead atoms. The van der Waals surface area contributed by atoms with Gasteiger partial charge in [-0.1, -0.05) is 11.6 Å². The largest absolute Gasteiger partial charge is 0.390 e. The zero-order chi connectivity index (χ0) is 22.3. The fraction of sp³-hybridized carbons (Fsp3) is 0.286. The molecule has 0 saturated carbocycles. The van der Waals surface area contributed by atoms with E-state index in [0.29, 0.717) is 11.5 Å². The third kappa shape index (κ3) is 4.38. The van der Waals surface area contributed by atoms with Crippen LogP contribution in [-0.2, 0) is 6.42 Å². The Bertz CT molecular complexity index is 1310. The molecular weight excluding hydrogens is 428 g/mol. The van der Waals surface area contributed by atoms with E-state index in [1.165, 1.54) is 12.1 Å². The smallest absolute Gasteiger partial charge is 0.287 e. The van der Waals surface area contributed by atoms with Crippen molar-refractivity contribution < 1.29 is 13.9 Å². The molecule has 162 valence electrons. The van der Waals surface area contributed by atoms with Crippen LogP contribution in [-0.4, -0.2) is 43.5 Å². The number of fused-ring (bicyclic) bond motifs is 2. The molecule has 10 heteroatoms. The highest BCUT2D eigenvalue weighted by atomic mass is 35.5. The third-order valence-electron chi connectivity index (χ3n) is 5.05. The van der Waals surface area contributed by atoms with E-state index in [2.05, 4.69) is 20.3 Å². The number of anilines is 1.